The van der Waals surface area contributed by atoms with Crippen LogP contribution in [-0.4, -0.2) is 58.2 Å². The van der Waals surface area contributed by atoms with E-state index in [1.807, 2.05) is 0 Å². The zero-order valence-electron chi connectivity index (χ0n) is 27.2. The van der Waals surface area contributed by atoms with E-state index in [-0.39, 0.29) is 7.92 Å². The Labute approximate surface area is 266 Å². The van der Waals surface area contributed by atoms with Gasteiger partial charge in [0.2, 0.25) is 0 Å². The van der Waals surface area contributed by atoms with E-state index < -0.39 is 14.4 Å². The van der Waals surface area contributed by atoms with Gasteiger partial charge in [0.05, 0.1) is 0 Å². The van der Waals surface area contributed by atoms with Crippen LogP contribution in [0.5, 0.6) is 0 Å². The molecule has 4 aromatic carbocycles. The van der Waals surface area contributed by atoms with Gasteiger partial charge in [-0.15, -0.1) is 0 Å². The van der Waals surface area contributed by atoms with Crippen molar-refractivity contribution < 1.29 is 6.51 Å². The quantitative estimate of drug-likeness (QED) is 0.118. The minimum atomic E-state index is -4.42. The SMILES string of the molecule is CCN(C)[C@@H](CN(C)C)[C@]12[CH]3[CH]4[CH]5[C]1(P(c1ccccc1)c1ccccc1)[Fe]45321678[CH]2[CH]1[CH]6[C]7(P(c1ccccc1)c1ccccc1)[CH]28. The number of hydrogen-bond donors (Lipinski definition) is 0. The van der Waals surface area contributed by atoms with Crippen LogP contribution in [0.3, 0.4) is 0 Å². The van der Waals surface area contributed by atoms with Crippen LogP contribution < -0.4 is 21.2 Å². The first-order chi connectivity index (χ1) is 22.3. The van der Waals surface area contributed by atoms with E-state index >= 15 is 0 Å². The van der Waals surface area contributed by atoms with E-state index in [1.165, 1.54) is 27.5 Å². The van der Waals surface area contributed by atoms with E-state index in [0.717, 1.165) is 19.3 Å². The van der Waals surface area contributed by atoms with Crippen LogP contribution >= 0.6 is 15.8 Å². The predicted octanol–water partition coefficient (Wildman–Crippen LogP) is 7.71. The molecule has 10 aliphatic rings. The molecule has 14 rings (SSSR count). The van der Waals surface area contributed by atoms with Crippen molar-refractivity contribution in [2.75, 3.05) is 34.2 Å². The third kappa shape index (κ3) is 0.725. The van der Waals surface area contributed by atoms with Crippen LogP contribution in [0.2, 0.25) is 38.0 Å². The molecule has 10 heterocycles. The Bertz CT molecular complexity index is 2360. The fourth-order valence-electron chi connectivity index (χ4n) is 23.6. The molecule has 2 nitrogen and oxygen atoms in total. The van der Waals surface area contributed by atoms with Gasteiger partial charge in [0, 0.05) is 0 Å². The molecular formula is C41H44FeN2P2. The summed E-state index contributed by atoms with van der Waals surface area (Å²) in [5.41, 5.74) is 0. The van der Waals surface area contributed by atoms with Gasteiger partial charge in [0.15, 0.2) is 0 Å². The van der Waals surface area contributed by atoms with E-state index in [0.29, 0.717) is 18.5 Å². The van der Waals surface area contributed by atoms with E-state index in [4.69, 9.17) is 0 Å². The average Bonchev–Trinajstić information content (AvgIpc) is 4.06. The molecule has 8 unspecified atom stereocenters. The van der Waals surface area contributed by atoms with Crippen molar-refractivity contribution in [3.05, 3.63) is 121 Å². The summed E-state index contributed by atoms with van der Waals surface area (Å²) in [5, 5.41) is 6.83. The van der Waals surface area contributed by atoms with Crippen molar-refractivity contribution in [2.45, 2.75) is 59.1 Å². The molecule has 0 radical (unpaired) electrons. The van der Waals surface area contributed by atoms with Crippen molar-refractivity contribution in [3.8, 4) is 0 Å². The van der Waals surface area contributed by atoms with Crippen LogP contribution in [0.15, 0.2) is 121 Å². The van der Waals surface area contributed by atoms with E-state index in [1.54, 1.807) is 21.2 Å². The second-order valence-electron chi connectivity index (χ2n) is 18.7. The van der Waals surface area contributed by atoms with E-state index in [2.05, 4.69) is 159 Å². The molecule has 5 heteroatoms. The molecular weight excluding hydrogens is 638 g/mol. The number of nitrogens with zero attached hydrogens (tertiary/aromatic N) is 2. The van der Waals surface area contributed by atoms with Gasteiger partial charge in [-0.2, -0.15) is 0 Å². The van der Waals surface area contributed by atoms with Crippen LogP contribution in [0.25, 0.3) is 0 Å². The molecule has 0 aliphatic carbocycles. The van der Waals surface area contributed by atoms with Crippen LogP contribution in [0, 0.1) is 0 Å². The second-order valence-corrected chi connectivity index (χ2v) is 47.2. The summed E-state index contributed by atoms with van der Waals surface area (Å²) >= 11 is 0. The van der Waals surface area contributed by atoms with Crippen LogP contribution in [0.4, 0.5) is 0 Å². The van der Waals surface area contributed by atoms with Crippen molar-refractivity contribution in [1.82, 2.24) is 9.80 Å². The van der Waals surface area contributed by atoms with Crippen molar-refractivity contribution in [3.63, 3.8) is 0 Å². The van der Waals surface area contributed by atoms with Gasteiger partial charge in [-0.25, -0.2) is 0 Å². The summed E-state index contributed by atoms with van der Waals surface area (Å²) in [6, 6.07) is 49.3. The van der Waals surface area contributed by atoms with Gasteiger partial charge in [0.1, 0.15) is 0 Å². The van der Waals surface area contributed by atoms with Crippen molar-refractivity contribution >= 4 is 37.1 Å². The molecule has 236 valence electrons. The Morgan fingerprint density at radius 3 is 1.39 bits per heavy atom. The number of likely N-dealkylation sites (N-methyl/N-ethyl adjacent to an activating group) is 2. The van der Waals surface area contributed by atoms with Crippen molar-refractivity contribution in [1.29, 1.82) is 0 Å². The van der Waals surface area contributed by atoms with Crippen LogP contribution in [0.1, 0.15) is 6.92 Å². The number of hydrogen-bond acceptors (Lipinski definition) is 2. The first-order valence-corrected chi connectivity index (χ1v) is 26.5. The summed E-state index contributed by atoms with van der Waals surface area (Å²) in [4.78, 5) is 13.6. The van der Waals surface area contributed by atoms with Gasteiger partial charge in [-0.1, -0.05) is 0 Å². The number of benzene rings is 4. The summed E-state index contributed by atoms with van der Waals surface area (Å²) in [6.07, 6.45) is 0. The van der Waals surface area contributed by atoms with Crippen LogP contribution in [-0.2, 0) is 6.51 Å². The average molecular weight is 683 g/mol. The molecule has 0 aromatic heterocycles. The molecule has 10 fully saturated rings. The first-order valence-electron chi connectivity index (χ1n) is 17.7. The monoisotopic (exact) mass is 682 g/mol. The molecule has 0 bridgehead atoms. The molecule has 10 saturated heterocycles. The summed E-state index contributed by atoms with van der Waals surface area (Å²) in [5.74, 6) is 0. The number of rotatable bonds is 11. The van der Waals surface area contributed by atoms with Gasteiger partial charge >= 0.3 is 268 Å². The third-order valence-electron chi connectivity index (χ3n) is 21.7. The Morgan fingerprint density at radius 1 is 0.587 bits per heavy atom. The maximum absolute atomic E-state index is 4.42. The van der Waals surface area contributed by atoms with Gasteiger partial charge in [-0.05, 0) is 0 Å². The Morgan fingerprint density at radius 2 is 1.02 bits per heavy atom. The second kappa shape index (κ2) is 4.46. The minimum absolute atomic E-state index is 0.385. The molecule has 10 aliphatic heterocycles. The van der Waals surface area contributed by atoms with Gasteiger partial charge < -0.3 is 0 Å². The summed E-state index contributed by atoms with van der Waals surface area (Å²) in [7, 11) is 6.47. The maximum atomic E-state index is 2.91. The molecule has 0 N–H and O–H groups in total. The Hall–Kier alpha value is -1.82. The topological polar surface area (TPSA) is 6.48 Å². The summed E-state index contributed by atoms with van der Waals surface area (Å²) < 4.78 is 1.91. The Kier molecular flexibility index (Phi) is 2.45. The molecule has 4 aromatic rings. The predicted molar refractivity (Wildman–Crippen MR) is 193 cm³/mol. The molecule has 0 saturated carbocycles. The standard InChI is InChI=1S/C24H30N2P.C17H14P.Fe/c1-5-26(4)23(19-25(2)3)22-17-12-18-24(22)27(20-13-8-6-9-14-20)21-15-10-7-11-16-21;1-3-9-15(10-4-1)18(17-13-7-8-14-17)16-11-5-2-6-12-16;/h6-18,23H,5,19H2,1-4H3;1-14H;/t23-;;/m0../s1. The molecule has 10 atom stereocenters. The van der Waals surface area contributed by atoms with Crippen molar-refractivity contribution in [2.24, 2.45) is 0 Å². The van der Waals surface area contributed by atoms with Gasteiger partial charge in [0.25, 0.3) is 0 Å². The first kappa shape index (κ1) is 25.2. The molecule has 0 amide bonds. The zero-order valence-corrected chi connectivity index (χ0v) is 30.1. The number of fused-ring (bicyclic) bond motifs is 10. The molecule has 46 heavy (non-hydrogen) atoms. The normalized spacial score (nSPS) is 55.7. The fraction of sp³-hybridized carbons (Fsp3) is 0.415. The third-order valence-corrected chi connectivity index (χ3v) is 79.1. The van der Waals surface area contributed by atoms with E-state index in [9.17, 15) is 0 Å². The Balaban J connectivity index is 1.14. The fourth-order valence-corrected chi connectivity index (χ4v) is 131. The summed E-state index contributed by atoms with van der Waals surface area (Å²) in [6.45, 7) is 0.445. The zero-order chi connectivity index (χ0) is 30.6. The molecule has 1 spiro atoms. The van der Waals surface area contributed by atoms with Gasteiger partial charge in [-0.3, -0.25) is 0 Å².